The average Bonchev–Trinajstić information content (AvgIpc) is 2.55. The number of rotatable bonds is 11. The maximum Gasteiger partial charge on any atom is 0.408 e. The van der Waals surface area contributed by atoms with Crippen molar-refractivity contribution in [2.24, 2.45) is 5.92 Å². The predicted octanol–water partition coefficient (Wildman–Crippen LogP) is -1.61. The van der Waals surface area contributed by atoms with Crippen LogP contribution in [0.3, 0.4) is 0 Å². The Morgan fingerprint density at radius 1 is 0.967 bits per heavy atom. The van der Waals surface area contributed by atoms with Crippen LogP contribution in [0.25, 0.3) is 0 Å². The number of amides is 3. The maximum atomic E-state index is 12.7. The van der Waals surface area contributed by atoms with Gasteiger partial charge in [-0.05, 0) is 52.4 Å². The first-order valence-corrected chi connectivity index (χ1v) is 10.3. The summed E-state index contributed by atoms with van der Waals surface area (Å²) in [7, 11) is 0. The molecular weight excluding hydrogens is 395 g/mol. The van der Waals surface area contributed by atoms with E-state index < -0.39 is 48.3 Å². The molecule has 0 aromatic rings. The fraction of sp³-hybridized carbons (Fsp3) is 0.833. The zero-order valence-electron chi connectivity index (χ0n) is 18.9. The molecule has 11 nitrogen and oxygen atoms in total. The van der Waals surface area contributed by atoms with E-state index in [9.17, 15) is 29.5 Å². The van der Waals surface area contributed by atoms with Gasteiger partial charge < -0.3 is 41.5 Å². The second-order valence-corrected chi connectivity index (χ2v) is 8.86. The summed E-state index contributed by atoms with van der Waals surface area (Å²) in [5, 5.41) is 36.1. The van der Waals surface area contributed by atoms with E-state index in [1.807, 2.05) is 0 Å². The van der Waals surface area contributed by atoms with Gasteiger partial charge in [-0.15, -0.1) is 0 Å². The van der Waals surface area contributed by atoms with Gasteiger partial charge in [-0.1, -0.05) is 20.3 Å². The molecule has 30 heavy (non-hydrogen) atoms. The highest BCUT2D eigenvalue weighted by atomic mass is 16.6. The molecule has 0 aliphatic heterocycles. The highest BCUT2D eigenvalue weighted by molar-refractivity contribution is 6.58. The lowest BCUT2D eigenvalue weighted by atomic mass is 9.67. The van der Waals surface area contributed by atoms with Crippen molar-refractivity contribution in [3.8, 4) is 0 Å². The smallest absolute Gasteiger partial charge is 0.408 e. The van der Waals surface area contributed by atoms with Crippen LogP contribution in [0.4, 0.5) is 4.79 Å². The third-order valence-corrected chi connectivity index (χ3v) is 4.26. The van der Waals surface area contributed by atoms with E-state index in [-0.39, 0.29) is 12.3 Å². The SMILES string of the molecule is CC(C)[C@H](NC(=O)[C@H](C)NC(=O)OC(C)(C)C)C(=O)N[C@@H](CCCC[NH3+])[B-](O)(O)O. The van der Waals surface area contributed by atoms with Crippen LogP contribution in [-0.4, -0.2) is 69.9 Å². The molecule has 0 rings (SSSR count). The summed E-state index contributed by atoms with van der Waals surface area (Å²) < 4.78 is 5.10. The molecule has 0 aromatic heterocycles. The second-order valence-electron chi connectivity index (χ2n) is 8.86. The minimum absolute atomic E-state index is 0.139. The zero-order valence-corrected chi connectivity index (χ0v) is 18.9. The molecule has 0 aliphatic rings. The number of carbonyl (C=O) groups is 3. The van der Waals surface area contributed by atoms with Gasteiger partial charge >= 0.3 is 12.8 Å². The topological polar surface area (TPSA) is 185 Å². The first kappa shape index (κ1) is 28.1. The number of hydrogen-bond donors (Lipinski definition) is 7. The van der Waals surface area contributed by atoms with E-state index in [2.05, 4.69) is 21.7 Å². The van der Waals surface area contributed by atoms with Crippen LogP contribution in [0.1, 0.15) is 60.8 Å². The van der Waals surface area contributed by atoms with Crippen molar-refractivity contribution in [2.45, 2.75) is 84.4 Å². The summed E-state index contributed by atoms with van der Waals surface area (Å²) in [5.74, 6) is -2.91. The summed E-state index contributed by atoms with van der Waals surface area (Å²) in [4.78, 5) is 36.9. The van der Waals surface area contributed by atoms with Gasteiger partial charge in [0.2, 0.25) is 11.8 Å². The first-order chi connectivity index (χ1) is 13.6. The van der Waals surface area contributed by atoms with E-state index in [1.165, 1.54) is 6.92 Å². The highest BCUT2D eigenvalue weighted by Crippen LogP contribution is 2.10. The lowest BCUT2D eigenvalue weighted by molar-refractivity contribution is -0.368. The molecule has 0 saturated heterocycles. The van der Waals surface area contributed by atoms with Crippen molar-refractivity contribution in [1.82, 2.24) is 16.0 Å². The number of carbonyl (C=O) groups excluding carboxylic acids is 3. The third-order valence-electron chi connectivity index (χ3n) is 4.26. The molecule has 3 amide bonds. The van der Waals surface area contributed by atoms with Crippen molar-refractivity contribution in [1.29, 1.82) is 0 Å². The van der Waals surface area contributed by atoms with Gasteiger partial charge in [0.05, 0.1) is 6.54 Å². The van der Waals surface area contributed by atoms with Crippen molar-refractivity contribution >= 4 is 24.7 Å². The van der Waals surface area contributed by atoms with Gasteiger partial charge in [0.1, 0.15) is 17.7 Å². The Hall–Kier alpha value is -1.89. The molecule has 176 valence electrons. The van der Waals surface area contributed by atoms with Crippen LogP contribution in [0.5, 0.6) is 0 Å². The maximum absolute atomic E-state index is 12.7. The van der Waals surface area contributed by atoms with E-state index in [0.717, 1.165) is 0 Å². The molecule has 0 saturated carbocycles. The summed E-state index contributed by atoms with van der Waals surface area (Å²) in [6.07, 6.45) is 0.584. The minimum atomic E-state index is -3.79. The van der Waals surface area contributed by atoms with Crippen LogP contribution in [0.15, 0.2) is 0 Å². The molecule has 0 unspecified atom stereocenters. The number of quaternary nitrogens is 1. The van der Waals surface area contributed by atoms with Crippen molar-refractivity contribution < 1.29 is 39.9 Å². The molecule has 0 heterocycles. The van der Waals surface area contributed by atoms with Gasteiger partial charge in [-0.25, -0.2) is 4.79 Å². The quantitative estimate of drug-likeness (QED) is 0.151. The monoisotopic (exact) mass is 434 g/mol. The fourth-order valence-corrected chi connectivity index (χ4v) is 2.58. The van der Waals surface area contributed by atoms with Crippen LogP contribution in [0.2, 0.25) is 0 Å². The molecule has 0 spiro atoms. The summed E-state index contributed by atoms with van der Waals surface area (Å²) in [5.41, 5.74) is 2.96. The number of alkyl carbamates (subject to hydrolysis) is 1. The summed E-state index contributed by atoms with van der Waals surface area (Å²) in [6.45, 7) is 6.75. The van der Waals surface area contributed by atoms with Crippen LogP contribution < -0.4 is 21.7 Å². The van der Waals surface area contributed by atoms with Crippen LogP contribution >= 0.6 is 0 Å². The Labute approximate surface area is 178 Å². The highest BCUT2D eigenvalue weighted by Gasteiger charge is 2.34. The molecule has 0 bridgehead atoms. The molecule has 0 aliphatic carbocycles. The molecule has 12 heteroatoms. The summed E-state index contributed by atoms with van der Waals surface area (Å²) in [6, 6.07) is -1.99. The Kier molecular flexibility index (Phi) is 11.3. The molecular formula is C18H39BN4O7. The number of nitrogens with one attached hydrogen (secondary N) is 3. The standard InChI is InChI=1S/C18H38BN4O7/c1-11(2)14(16(25)22-13(19(27,28)29)9-7-8-10-20)23-15(24)12(3)21-17(26)30-18(4,5)6/h11-14,27-29H,7-10,20H2,1-6H3,(H,21,26)(H,22,25)(H,23,24)/q-1/p+1/t12-,13-,14-/m0/s1. The van der Waals surface area contributed by atoms with Gasteiger partial charge in [-0.2, -0.15) is 0 Å². The van der Waals surface area contributed by atoms with Crippen molar-refractivity contribution in [2.75, 3.05) is 6.54 Å². The van der Waals surface area contributed by atoms with Crippen molar-refractivity contribution in [3.63, 3.8) is 0 Å². The first-order valence-electron chi connectivity index (χ1n) is 10.3. The number of unbranched alkanes of at least 4 members (excludes halogenated alkanes) is 1. The molecule has 0 fully saturated rings. The lowest BCUT2D eigenvalue weighted by Gasteiger charge is -2.34. The van der Waals surface area contributed by atoms with Crippen LogP contribution in [-0.2, 0) is 14.3 Å². The Morgan fingerprint density at radius 3 is 1.97 bits per heavy atom. The van der Waals surface area contributed by atoms with Crippen molar-refractivity contribution in [3.05, 3.63) is 0 Å². The van der Waals surface area contributed by atoms with E-state index in [4.69, 9.17) is 4.74 Å². The Balaban J connectivity index is 5.06. The minimum Gasteiger partial charge on any atom is -0.558 e. The lowest BCUT2D eigenvalue weighted by Crippen LogP contribution is -2.62. The number of hydrogen-bond acceptors (Lipinski definition) is 7. The normalized spacial score (nSPS) is 15.2. The molecule has 0 aromatic carbocycles. The second kappa shape index (κ2) is 12.1. The van der Waals surface area contributed by atoms with Gasteiger partial charge in [0, 0.05) is 0 Å². The molecule has 9 N–H and O–H groups in total. The fourth-order valence-electron chi connectivity index (χ4n) is 2.58. The average molecular weight is 434 g/mol. The van der Waals surface area contributed by atoms with E-state index in [0.29, 0.717) is 19.4 Å². The Morgan fingerprint density at radius 2 is 1.53 bits per heavy atom. The van der Waals surface area contributed by atoms with Gasteiger partial charge in [0.15, 0.2) is 0 Å². The molecule has 0 radical (unpaired) electrons. The van der Waals surface area contributed by atoms with E-state index >= 15 is 0 Å². The predicted molar refractivity (Wildman–Crippen MR) is 112 cm³/mol. The zero-order chi connectivity index (χ0) is 23.7. The number of ether oxygens (including phenoxy) is 1. The summed E-state index contributed by atoms with van der Waals surface area (Å²) >= 11 is 0. The van der Waals surface area contributed by atoms with Gasteiger partial charge in [0.25, 0.3) is 0 Å². The third kappa shape index (κ3) is 11.3. The Bertz CT molecular complexity index is 576. The largest absolute Gasteiger partial charge is 0.558 e. The van der Waals surface area contributed by atoms with Crippen LogP contribution in [0, 0.1) is 5.92 Å². The van der Waals surface area contributed by atoms with Gasteiger partial charge in [-0.3, -0.25) is 9.59 Å². The molecule has 3 atom stereocenters. The van der Waals surface area contributed by atoms with E-state index in [1.54, 1.807) is 34.6 Å².